The van der Waals surface area contributed by atoms with Crippen LogP contribution in [0.3, 0.4) is 0 Å². The van der Waals surface area contributed by atoms with Gasteiger partial charge in [-0.25, -0.2) is 4.79 Å². The minimum atomic E-state index is -1.14. The van der Waals surface area contributed by atoms with Gasteiger partial charge < -0.3 is 23.7 Å². The van der Waals surface area contributed by atoms with E-state index >= 15 is 0 Å². The number of hydrogen-bond donors (Lipinski definition) is 1. The molecule has 0 aliphatic rings. The Kier molecular flexibility index (Phi) is 8.59. The SMILES string of the molecule is C=CCOc1c(Br)cc(/C=C(\Sc2nnc(-c3cc(OC)cc(OC)c3)o2)C(=O)O)cc1Br. The van der Waals surface area contributed by atoms with Gasteiger partial charge in [-0.15, -0.1) is 10.2 Å². The Balaban J connectivity index is 1.87. The number of thioether (sulfide) groups is 1. The van der Waals surface area contributed by atoms with Gasteiger partial charge >= 0.3 is 5.97 Å². The average Bonchev–Trinajstić information content (AvgIpc) is 3.26. The fourth-order valence-electron chi connectivity index (χ4n) is 2.62. The molecule has 1 heterocycles. The number of hydrogen-bond acceptors (Lipinski definition) is 8. The first-order valence-corrected chi connectivity index (χ1v) is 11.7. The lowest BCUT2D eigenvalue weighted by Crippen LogP contribution is -1.98. The van der Waals surface area contributed by atoms with Crippen LogP contribution in [0.2, 0.25) is 0 Å². The second-order valence-electron chi connectivity index (χ2n) is 6.30. The zero-order chi connectivity index (χ0) is 24.0. The van der Waals surface area contributed by atoms with Gasteiger partial charge in [0.05, 0.1) is 23.2 Å². The van der Waals surface area contributed by atoms with Gasteiger partial charge in [-0.3, -0.25) is 0 Å². The Morgan fingerprint density at radius 2 is 1.76 bits per heavy atom. The predicted octanol–water partition coefficient (Wildman–Crippen LogP) is 6.06. The highest BCUT2D eigenvalue weighted by atomic mass is 79.9. The van der Waals surface area contributed by atoms with Gasteiger partial charge in [0.1, 0.15) is 28.8 Å². The van der Waals surface area contributed by atoms with E-state index in [0.717, 1.165) is 11.8 Å². The van der Waals surface area contributed by atoms with Crippen LogP contribution >= 0.6 is 43.6 Å². The van der Waals surface area contributed by atoms with E-state index in [9.17, 15) is 9.90 Å². The molecule has 0 unspecified atom stereocenters. The lowest BCUT2D eigenvalue weighted by molar-refractivity contribution is -0.131. The normalized spacial score (nSPS) is 11.2. The van der Waals surface area contributed by atoms with Crippen molar-refractivity contribution in [3.63, 3.8) is 0 Å². The largest absolute Gasteiger partial charge is 0.497 e. The molecule has 172 valence electrons. The highest BCUT2D eigenvalue weighted by molar-refractivity contribution is 9.11. The molecule has 1 aromatic heterocycles. The van der Waals surface area contributed by atoms with E-state index in [1.54, 1.807) is 36.4 Å². The quantitative estimate of drug-likeness (QED) is 0.169. The number of carboxylic acid groups (broad SMARTS) is 1. The Bertz CT molecular complexity index is 1170. The van der Waals surface area contributed by atoms with Gasteiger partial charge in [0, 0.05) is 11.6 Å². The third kappa shape index (κ3) is 6.40. The van der Waals surface area contributed by atoms with E-state index in [0.29, 0.717) is 43.9 Å². The van der Waals surface area contributed by atoms with Crippen LogP contribution in [0.25, 0.3) is 17.5 Å². The van der Waals surface area contributed by atoms with Gasteiger partial charge in [0.2, 0.25) is 5.89 Å². The van der Waals surface area contributed by atoms with E-state index in [1.807, 2.05) is 0 Å². The number of rotatable bonds is 10. The number of ether oxygens (including phenoxy) is 3. The highest BCUT2D eigenvalue weighted by Gasteiger charge is 2.18. The van der Waals surface area contributed by atoms with Crippen LogP contribution in [0.15, 0.2) is 66.5 Å². The summed E-state index contributed by atoms with van der Waals surface area (Å²) in [5.41, 5.74) is 1.20. The highest BCUT2D eigenvalue weighted by Crippen LogP contribution is 2.37. The van der Waals surface area contributed by atoms with Crippen LogP contribution in [-0.4, -0.2) is 42.1 Å². The standard InChI is InChI=1S/C22H18Br2N2O6S/c1-4-5-31-19-16(23)6-12(7-17(19)24)8-18(21(27)28)33-22-26-25-20(32-22)13-9-14(29-2)11-15(10-13)30-3/h4,6-11H,1,5H2,2-3H3,(H,27,28)/b18-8-. The second kappa shape index (κ2) is 11.4. The average molecular weight is 598 g/mol. The summed E-state index contributed by atoms with van der Waals surface area (Å²) >= 11 is 7.72. The number of carboxylic acids is 1. The number of aliphatic carboxylic acids is 1. The first kappa shape index (κ1) is 24.9. The fourth-order valence-corrected chi connectivity index (χ4v) is 4.75. The molecular formula is C22H18Br2N2O6S. The Labute approximate surface area is 210 Å². The molecule has 3 rings (SSSR count). The van der Waals surface area contributed by atoms with E-state index in [2.05, 4.69) is 48.6 Å². The van der Waals surface area contributed by atoms with E-state index in [1.165, 1.54) is 20.3 Å². The Morgan fingerprint density at radius 3 is 2.30 bits per heavy atom. The number of halogens is 2. The van der Waals surface area contributed by atoms with Gasteiger partial charge in [0.15, 0.2) is 0 Å². The third-order valence-corrected chi connectivity index (χ3v) is 6.11. The van der Waals surface area contributed by atoms with Crippen molar-refractivity contribution in [2.45, 2.75) is 5.22 Å². The molecule has 2 aromatic carbocycles. The molecule has 0 amide bonds. The topological polar surface area (TPSA) is 104 Å². The van der Waals surface area contributed by atoms with Crippen LogP contribution in [-0.2, 0) is 4.79 Å². The molecule has 0 bridgehead atoms. The number of benzene rings is 2. The summed E-state index contributed by atoms with van der Waals surface area (Å²) in [7, 11) is 3.07. The van der Waals surface area contributed by atoms with Gasteiger partial charge in [-0.2, -0.15) is 0 Å². The number of nitrogens with zero attached hydrogens (tertiary/aromatic N) is 2. The van der Waals surface area contributed by atoms with E-state index in [4.69, 9.17) is 18.6 Å². The van der Waals surface area contributed by atoms with Crippen molar-refractivity contribution in [2.24, 2.45) is 0 Å². The smallest absolute Gasteiger partial charge is 0.342 e. The van der Waals surface area contributed by atoms with Crippen molar-refractivity contribution in [1.82, 2.24) is 10.2 Å². The molecule has 8 nitrogen and oxygen atoms in total. The van der Waals surface area contributed by atoms with Crippen LogP contribution in [0.5, 0.6) is 17.2 Å². The monoisotopic (exact) mass is 596 g/mol. The summed E-state index contributed by atoms with van der Waals surface area (Å²) in [4.78, 5) is 11.9. The lowest BCUT2D eigenvalue weighted by Gasteiger charge is -2.10. The van der Waals surface area contributed by atoms with Crippen molar-refractivity contribution in [3.8, 4) is 28.7 Å². The molecule has 0 saturated heterocycles. The Morgan fingerprint density at radius 1 is 1.12 bits per heavy atom. The summed E-state index contributed by atoms with van der Waals surface area (Å²) in [5, 5.41) is 17.7. The van der Waals surface area contributed by atoms with Crippen molar-refractivity contribution in [3.05, 3.63) is 62.4 Å². The summed E-state index contributed by atoms with van der Waals surface area (Å²) in [6, 6.07) is 8.63. The molecule has 3 aromatic rings. The van der Waals surface area contributed by atoms with Gasteiger partial charge in [-0.05, 0) is 79.5 Å². The van der Waals surface area contributed by atoms with Gasteiger partial charge in [0.25, 0.3) is 5.22 Å². The summed E-state index contributed by atoms with van der Waals surface area (Å²) < 4.78 is 23.1. The minimum Gasteiger partial charge on any atom is -0.497 e. The summed E-state index contributed by atoms with van der Waals surface area (Å²) in [6.45, 7) is 3.96. The van der Waals surface area contributed by atoms with Crippen LogP contribution < -0.4 is 14.2 Å². The molecule has 0 aliphatic carbocycles. The molecule has 0 spiro atoms. The lowest BCUT2D eigenvalue weighted by atomic mass is 10.2. The molecule has 0 atom stereocenters. The molecular weight excluding hydrogens is 580 g/mol. The maximum atomic E-state index is 11.9. The molecule has 0 saturated carbocycles. The zero-order valence-corrected chi connectivity index (χ0v) is 21.5. The summed E-state index contributed by atoms with van der Waals surface area (Å²) in [6.07, 6.45) is 3.13. The first-order chi connectivity index (χ1) is 15.8. The predicted molar refractivity (Wildman–Crippen MR) is 132 cm³/mol. The molecule has 1 N–H and O–H groups in total. The number of aromatic nitrogens is 2. The van der Waals surface area contributed by atoms with Crippen LogP contribution in [0.4, 0.5) is 0 Å². The third-order valence-electron chi connectivity index (χ3n) is 4.08. The second-order valence-corrected chi connectivity index (χ2v) is 9.01. The molecule has 33 heavy (non-hydrogen) atoms. The van der Waals surface area contributed by atoms with Crippen molar-refractivity contribution in [2.75, 3.05) is 20.8 Å². The molecule has 0 aliphatic heterocycles. The van der Waals surface area contributed by atoms with Crippen molar-refractivity contribution >= 4 is 55.7 Å². The first-order valence-electron chi connectivity index (χ1n) is 9.27. The van der Waals surface area contributed by atoms with Crippen LogP contribution in [0.1, 0.15) is 5.56 Å². The fraction of sp³-hybridized carbons (Fsp3) is 0.136. The maximum Gasteiger partial charge on any atom is 0.342 e. The molecule has 11 heteroatoms. The molecule has 0 fully saturated rings. The van der Waals surface area contributed by atoms with Crippen molar-refractivity contribution in [1.29, 1.82) is 0 Å². The Hall–Kier alpha value is -2.76. The summed E-state index contributed by atoms with van der Waals surface area (Å²) in [5.74, 6) is 0.765. The van der Waals surface area contributed by atoms with E-state index < -0.39 is 5.97 Å². The number of carbonyl (C=O) groups is 1. The van der Waals surface area contributed by atoms with E-state index in [-0.39, 0.29) is 16.0 Å². The zero-order valence-electron chi connectivity index (χ0n) is 17.5. The minimum absolute atomic E-state index is 0.00742. The maximum absolute atomic E-state index is 11.9. The van der Waals surface area contributed by atoms with Crippen molar-refractivity contribution < 1.29 is 28.5 Å². The molecule has 0 radical (unpaired) electrons. The van der Waals surface area contributed by atoms with Gasteiger partial charge in [-0.1, -0.05) is 12.7 Å². The van der Waals surface area contributed by atoms with Crippen LogP contribution in [0, 0.1) is 0 Å². The number of methoxy groups -OCH3 is 2.